The summed E-state index contributed by atoms with van der Waals surface area (Å²) in [6, 6.07) is 0. The Morgan fingerprint density at radius 3 is 0.897 bits per heavy atom. The van der Waals surface area contributed by atoms with E-state index in [2.05, 4.69) is 0 Å². The Morgan fingerprint density at radius 1 is 0.448 bits per heavy atom. The van der Waals surface area contributed by atoms with Crippen molar-refractivity contribution in [1.29, 1.82) is 0 Å². The van der Waals surface area contributed by atoms with Gasteiger partial charge in [0.15, 0.2) is 0 Å². The number of hydrogen-bond acceptors (Lipinski definition) is 3. The van der Waals surface area contributed by atoms with Crippen molar-refractivity contribution in [3.63, 3.8) is 0 Å². The van der Waals surface area contributed by atoms with E-state index in [0.29, 0.717) is 0 Å². The maximum Gasteiger partial charge on any atom is 0.460 e. The van der Waals surface area contributed by atoms with Gasteiger partial charge in [-0.3, -0.25) is 0 Å². The van der Waals surface area contributed by atoms with Gasteiger partial charge in [0, 0.05) is 0 Å². The van der Waals surface area contributed by atoms with E-state index in [9.17, 15) is 87.6 Å². The van der Waals surface area contributed by atoms with Crippen LogP contribution in [0.4, 0.5) is 74.6 Å². The topological polar surface area (TPSA) is 57.2 Å². The van der Waals surface area contributed by atoms with Crippen LogP contribution in [0.25, 0.3) is 0 Å². The van der Waals surface area contributed by atoms with Gasteiger partial charge in [-0.2, -0.15) is 65.9 Å². The van der Waals surface area contributed by atoms with Gasteiger partial charge in [0.1, 0.15) is 10.1 Å². The van der Waals surface area contributed by atoms with Crippen LogP contribution >= 0.6 is 0 Å². The van der Waals surface area contributed by atoms with Gasteiger partial charge < -0.3 is 4.55 Å². The van der Waals surface area contributed by atoms with Gasteiger partial charge in [0.25, 0.3) is 0 Å². The molecule has 2 atom stereocenters. The Morgan fingerprint density at radius 2 is 0.724 bits per heavy atom. The summed E-state index contributed by atoms with van der Waals surface area (Å²) < 4.78 is 247. The van der Waals surface area contributed by atoms with Crippen molar-refractivity contribution in [3.8, 4) is 0 Å². The molecule has 29 heavy (non-hydrogen) atoms. The fraction of sp³-hybridized carbons (Fsp3) is 1.00. The highest BCUT2D eigenvalue weighted by atomic mass is 32.2. The fourth-order valence-corrected chi connectivity index (χ4v) is 2.58. The molecule has 0 aliphatic carbocycles. The lowest BCUT2D eigenvalue weighted by atomic mass is 9.80. The zero-order valence-corrected chi connectivity index (χ0v) is 12.9. The summed E-state index contributed by atoms with van der Waals surface area (Å²) in [4.78, 5) is 0. The van der Waals surface area contributed by atoms with Gasteiger partial charge in [-0.25, -0.2) is 17.2 Å². The van der Waals surface area contributed by atoms with Crippen LogP contribution in [0.2, 0.25) is 0 Å². The molecule has 0 saturated carbocycles. The van der Waals surface area contributed by atoms with E-state index in [0.717, 1.165) is 0 Å². The summed E-state index contributed by atoms with van der Waals surface area (Å²) in [6.45, 7) is 0. The smallest absolute Gasteiger partial charge is 0.460 e. The van der Waals surface area contributed by atoms with E-state index in [1.165, 1.54) is 0 Å². The van der Waals surface area contributed by atoms with Crippen molar-refractivity contribution < 1.29 is 87.6 Å². The van der Waals surface area contributed by atoms with Crippen LogP contribution < -0.4 is 0 Å². The van der Waals surface area contributed by atoms with Crippen molar-refractivity contribution in [3.05, 3.63) is 0 Å². The number of rotatable bonds is 5. The Labute approximate surface area is 146 Å². The van der Waals surface area contributed by atoms with Crippen molar-refractivity contribution in [2.75, 3.05) is 0 Å². The molecule has 0 fully saturated rings. The molecule has 0 aromatic heterocycles. The first-order chi connectivity index (χ1) is 12.0. The zero-order chi connectivity index (χ0) is 24.5. The molecule has 176 valence electrons. The standard InChI is InChI=1S/C8HF17O3S/c9-1(3(12,13)6(17,18)19,2(10,11)4(14,15)7(20,21)22)5(16,8(23,24)25)29(26,27)28/h(H,26,27,28)/p-1. The minimum absolute atomic E-state index is 8.16. The van der Waals surface area contributed by atoms with Crippen LogP contribution in [0.15, 0.2) is 0 Å². The van der Waals surface area contributed by atoms with E-state index in [4.69, 9.17) is 0 Å². The third-order valence-corrected chi connectivity index (χ3v) is 4.33. The van der Waals surface area contributed by atoms with Crippen LogP contribution in [-0.4, -0.2) is 59.9 Å². The van der Waals surface area contributed by atoms with Crippen LogP contribution in [-0.2, 0) is 10.1 Å². The number of alkyl halides is 17. The second-order valence-electron chi connectivity index (χ2n) is 4.92. The average Bonchev–Trinajstić information content (AvgIpc) is 2.39. The Balaban J connectivity index is 7.96. The summed E-state index contributed by atoms with van der Waals surface area (Å²) in [6.07, 6.45) is -25.0. The first-order valence-corrected chi connectivity index (χ1v) is 7.08. The molecule has 21 heteroatoms. The van der Waals surface area contributed by atoms with Crippen LogP contribution in [0.5, 0.6) is 0 Å². The predicted octanol–water partition coefficient (Wildman–Crippen LogP) is 4.50. The lowest BCUT2D eigenvalue weighted by Gasteiger charge is -2.49. The number of hydrogen-bond donors (Lipinski definition) is 0. The maximum atomic E-state index is 14.0. The lowest BCUT2D eigenvalue weighted by molar-refractivity contribution is -0.450. The average molecular weight is 499 g/mol. The lowest BCUT2D eigenvalue weighted by Crippen LogP contribution is -2.82. The van der Waals surface area contributed by atoms with Gasteiger partial charge in [-0.1, -0.05) is 0 Å². The molecule has 2 unspecified atom stereocenters. The molecule has 0 spiro atoms. The third-order valence-electron chi connectivity index (χ3n) is 3.12. The van der Waals surface area contributed by atoms with Crippen molar-refractivity contribution >= 4 is 10.1 Å². The summed E-state index contributed by atoms with van der Waals surface area (Å²) in [5.74, 6) is -26.9. The number of halogens is 17. The molecule has 3 nitrogen and oxygen atoms in total. The van der Waals surface area contributed by atoms with E-state index >= 15 is 0 Å². The highest BCUT2D eigenvalue weighted by Gasteiger charge is 3.00. The Hall–Kier alpha value is -1.28. The Kier molecular flexibility index (Phi) is 6.08. The van der Waals surface area contributed by atoms with Gasteiger partial charge in [0.05, 0.1) is 0 Å². The molecule has 0 N–H and O–H groups in total. The molecule has 0 aromatic carbocycles. The summed E-state index contributed by atoms with van der Waals surface area (Å²) in [5, 5.41) is -8.87. The van der Waals surface area contributed by atoms with Gasteiger partial charge in [-0.15, -0.1) is 0 Å². The minimum Gasteiger partial charge on any atom is -0.745 e. The van der Waals surface area contributed by atoms with Crippen molar-refractivity contribution in [2.45, 2.75) is 47.0 Å². The SMILES string of the molecule is O=S(=O)([O-])C(F)(C(F)(F)F)C(F)(C(F)(F)C(F)(F)F)C(F)(F)C(F)(F)C(F)(F)F. The minimum atomic E-state index is -9.41. The van der Waals surface area contributed by atoms with Gasteiger partial charge in [0.2, 0.25) is 0 Å². The van der Waals surface area contributed by atoms with E-state index in [1.807, 2.05) is 0 Å². The summed E-state index contributed by atoms with van der Waals surface area (Å²) in [5.41, 5.74) is -9.41. The highest BCUT2D eigenvalue weighted by molar-refractivity contribution is 7.87. The quantitative estimate of drug-likeness (QED) is 0.414. The molecule has 0 heterocycles. The molecule has 0 radical (unpaired) electrons. The zero-order valence-electron chi connectivity index (χ0n) is 12.1. The molecule has 0 bridgehead atoms. The van der Waals surface area contributed by atoms with Crippen molar-refractivity contribution in [2.24, 2.45) is 0 Å². The van der Waals surface area contributed by atoms with Gasteiger partial charge in [-0.05, 0) is 0 Å². The van der Waals surface area contributed by atoms with Crippen LogP contribution in [0.1, 0.15) is 0 Å². The monoisotopic (exact) mass is 499 g/mol. The fourth-order valence-electron chi connectivity index (χ4n) is 1.70. The molecule has 0 aliphatic rings. The van der Waals surface area contributed by atoms with Gasteiger partial charge >= 0.3 is 47.0 Å². The molecular weight excluding hydrogens is 499 g/mol. The first kappa shape index (κ1) is 27.7. The summed E-state index contributed by atoms with van der Waals surface area (Å²) in [7, 11) is -8.99. The molecule has 0 aromatic rings. The molecule has 0 aliphatic heterocycles. The molecule has 0 amide bonds. The normalized spacial score (nSPS) is 20.2. The molecule has 0 saturated heterocycles. The largest absolute Gasteiger partial charge is 0.745 e. The first-order valence-electron chi connectivity index (χ1n) is 5.67. The second-order valence-corrected chi connectivity index (χ2v) is 6.40. The van der Waals surface area contributed by atoms with Crippen LogP contribution in [0, 0.1) is 0 Å². The summed E-state index contributed by atoms with van der Waals surface area (Å²) >= 11 is 0. The predicted molar refractivity (Wildman–Crippen MR) is 50.4 cm³/mol. The second kappa shape index (κ2) is 6.36. The van der Waals surface area contributed by atoms with E-state index in [-0.39, 0.29) is 0 Å². The van der Waals surface area contributed by atoms with E-state index in [1.54, 1.807) is 0 Å². The molecular formula is C8F17O3S-. The highest BCUT2D eigenvalue weighted by Crippen LogP contribution is 2.67. The van der Waals surface area contributed by atoms with E-state index < -0.39 is 57.1 Å². The Bertz CT molecular complexity index is 729. The maximum absolute atomic E-state index is 14.0. The molecule has 0 rings (SSSR count). The third kappa shape index (κ3) is 3.26. The van der Waals surface area contributed by atoms with Crippen molar-refractivity contribution in [1.82, 2.24) is 0 Å². The van der Waals surface area contributed by atoms with Crippen LogP contribution in [0.3, 0.4) is 0 Å².